The molecule has 1 aromatic carbocycles. The second-order valence-corrected chi connectivity index (χ2v) is 5.48. The molecular weight excluding hydrogens is 290 g/mol. The Hall–Kier alpha value is -1.95. The van der Waals surface area contributed by atoms with Gasteiger partial charge in [-0.25, -0.2) is 0 Å². The molecule has 2 amide bonds. The molecule has 1 aliphatic rings. The molecule has 0 unspecified atom stereocenters. The van der Waals surface area contributed by atoms with Gasteiger partial charge < -0.3 is 9.47 Å². The van der Waals surface area contributed by atoms with Gasteiger partial charge in [-0.15, -0.1) is 0 Å². The van der Waals surface area contributed by atoms with Crippen molar-refractivity contribution in [1.29, 1.82) is 0 Å². The molecule has 0 aromatic heterocycles. The van der Waals surface area contributed by atoms with E-state index in [4.69, 9.17) is 9.47 Å². The zero-order valence-corrected chi connectivity index (χ0v) is 13.2. The molecule has 1 aromatic rings. The van der Waals surface area contributed by atoms with Crippen LogP contribution in [0.25, 0.3) is 6.08 Å². The van der Waals surface area contributed by atoms with E-state index in [9.17, 15) is 9.59 Å². The maximum atomic E-state index is 12.1. The quantitative estimate of drug-likeness (QED) is 0.800. The van der Waals surface area contributed by atoms with Gasteiger partial charge in [0.15, 0.2) is 11.5 Å². The molecule has 0 bridgehead atoms. The van der Waals surface area contributed by atoms with Gasteiger partial charge in [-0.05, 0) is 54.9 Å². The summed E-state index contributed by atoms with van der Waals surface area (Å²) in [5, 5.41) is -0.230. The maximum absolute atomic E-state index is 12.1. The standard InChI is InChI=1S/C15H17NO4S/c1-5-16-14(17)13(21-15(16)18)8-10-7-12(20-4)11(19-3)6-9(10)2/h6-8H,5H2,1-4H3/b13-8-. The number of methoxy groups -OCH3 is 2. The van der Waals surface area contributed by atoms with Gasteiger partial charge in [0.25, 0.3) is 11.1 Å². The van der Waals surface area contributed by atoms with Crippen molar-refractivity contribution >= 4 is 29.0 Å². The Morgan fingerprint density at radius 1 is 1.19 bits per heavy atom. The largest absolute Gasteiger partial charge is 0.493 e. The fourth-order valence-corrected chi connectivity index (χ4v) is 2.96. The molecule has 5 nitrogen and oxygen atoms in total. The molecule has 1 aliphatic heterocycles. The van der Waals surface area contributed by atoms with E-state index in [-0.39, 0.29) is 11.1 Å². The Morgan fingerprint density at radius 3 is 2.33 bits per heavy atom. The van der Waals surface area contributed by atoms with Crippen LogP contribution in [0.4, 0.5) is 4.79 Å². The number of hydrogen-bond donors (Lipinski definition) is 0. The van der Waals surface area contributed by atoms with Crippen LogP contribution in [-0.4, -0.2) is 36.8 Å². The molecule has 21 heavy (non-hydrogen) atoms. The van der Waals surface area contributed by atoms with Gasteiger partial charge in [0.1, 0.15) is 0 Å². The van der Waals surface area contributed by atoms with Crippen LogP contribution in [0, 0.1) is 6.92 Å². The van der Waals surface area contributed by atoms with Crippen LogP contribution in [0.3, 0.4) is 0 Å². The molecule has 0 N–H and O–H groups in total. The van der Waals surface area contributed by atoms with Gasteiger partial charge in [-0.1, -0.05) is 0 Å². The van der Waals surface area contributed by atoms with Crippen LogP contribution in [0.5, 0.6) is 11.5 Å². The summed E-state index contributed by atoms with van der Waals surface area (Å²) in [5.74, 6) is 0.972. The SMILES string of the molecule is CCN1C(=O)S/C(=C\c2cc(OC)c(OC)cc2C)C1=O. The number of likely N-dealkylation sites (N-methyl/N-ethyl adjacent to an activating group) is 1. The number of benzene rings is 1. The Bertz CT molecular complexity index is 624. The third-order valence-electron chi connectivity index (χ3n) is 3.25. The van der Waals surface area contributed by atoms with E-state index in [1.54, 1.807) is 33.3 Å². The summed E-state index contributed by atoms with van der Waals surface area (Å²) < 4.78 is 10.5. The second-order valence-electron chi connectivity index (χ2n) is 4.49. The van der Waals surface area contributed by atoms with E-state index in [1.165, 1.54) is 4.90 Å². The number of imide groups is 1. The number of carbonyl (C=O) groups is 2. The third kappa shape index (κ3) is 2.90. The molecular formula is C15H17NO4S. The van der Waals surface area contributed by atoms with Crippen molar-refractivity contribution in [2.75, 3.05) is 20.8 Å². The zero-order chi connectivity index (χ0) is 15.6. The Labute approximate surface area is 127 Å². The molecule has 0 spiro atoms. The average molecular weight is 307 g/mol. The van der Waals surface area contributed by atoms with Crippen LogP contribution >= 0.6 is 11.8 Å². The highest BCUT2D eigenvalue weighted by molar-refractivity contribution is 8.18. The smallest absolute Gasteiger partial charge is 0.293 e. The summed E-state index contributed by atoms with van der Waals surface area (Å²) >= 11 is 0.960. The summed E-state index contributed by atoms with van der Waals surface area (Å²) in [6.07, 6.45) is 1.72. The molecule has 2 rings (SSSR count). The molecule has 0 atom stereocenters. The molecule has 1 saturated heterocycles. The summed E-state index contributed by atoms with van der Waals surface area (Å²) in [7, 11) is 3.13. The first-order valence-electron chi connectivity index (χ1n) is 6.49. The van der Waals surface area contributed by atoms with E-state index >= 15 is 0 Å². The minimum atomic E-state index is -0.248. The molecule has 0 aliphatic carbocycles. The summed E-state index contributed by atoms with van der Waals surface area (Å²) in [6, 6.07) is 3.64. The second kappa shape index (κ2) is 6.22. The van der Waals surface area contributed by atoms with Crippen molar-refractivity contribution in [3.8, 4) is 11.5 Å². The number of aryl methyl sites for hydroxylation is 1. The molecule has 1 fully saturated rings. The number of rotatable bonds is 4. The van der Waals surface area contributed by atoms with Gasteiger partial charge in [0.2, 0.25) is 0 Å². The van der Waals surface area contributed by atoms with E-state index in [0.29, 0.717) is 22.9 Å². The number of carbonyl (C=O) groups excluding carboxylic acids is 2. The lowest BCUT2D eigenvalue weighted by molar-refractivity contribution is -0.122. The molecule has 112 valence electrons. The van der Waals surface area contributed by atoms with Crippen molar-refractivity contribution in [3.05, 3.63) is 28.2 Å². The topological polar surface area (TPSA) is 55.8 Å². The number of thioether (sulfide) groups is 1. The van der Waals surface area contributed by atoms with Crippen LogP contribution in [-0.2, 0) is 4.79 Å². The van der Waals surface area contributed by atoms with Crippen molar-refractivity contribution < 1.29 is 19.1 Å². The minimum Gasteiger partial charge on any atom is -0.493 e. The highest BCUT2D eigenvalue weighted by Crippen LogP contribution is 2.35. The number of ether oxygens (including phenoxy) is 2. The van der Waals surface area contributed by atoms with Crippen molar-refractivity contribution in [2.24, 2.45) is 0 Å². The zero-order valence-electron chi connectivity index (χ0n) is 12.4. The normalized spacial score (nSPS) is 16.8. The van der Waals surface area contributed by atoms with Crippen LogP contribution in [0.1, 0.15) is 18.1 Å². The highest BCUT2D eigenvalue weighted by Gasteiger charge is 2.33. The van der Waals surface area contributed by atoms with Gasteiger partial charge in [0.05, 0.1) is 19.1 Å². The van der Waals surface area contributed by atoms with Gasteiger partial charge in [-0.2, -0.15) is 0 Å². The van der Waals surface area contributed by atoms with Crippen LogP contribution < -0.4 is 9.47 Å². The molecule has 6 heteroatoms. The minimum absolute atomic E-state index is 0.230. The molecule has 0 saturated carbocycles. The summed E-state index contributed by atoms with van der Waals surface area (Å²) in [4.78, 5) is 25.5. The average Bonchev–Trinajstić information content (AvgIpc) is 2.74. The van der Waals surface area contributed by atoms with Crippen molar-refractivity contribution in [2.45, 2.75) is 13.8 Å². The number of amides is 2. The maximum Gasteiger partial charge on any atom is 0.293 e. The first-order valence-corrected chi connectivity index (χ1v) is 7.31. The third-order valence-corrected chi connectivity index (χ3v) is 4.16. The van der Waals surface area contributed by atoms with Gasteiger partial charge in [-0.3, -0.25) is 14.5 Å². The fourth-order valence-electron chi connectivity index (χ4n) is 2.07. The predicted molar refractivity (Wildman–Crippen MR) is 82.6 cm³/mol. The van der Waals surface area contributed by atoms with Gasteiger partial charge >= 0.3 is 0 Å². The van der Waals surface area contributed by atoms with Crippen LogP contribution in [0.15, 0.2) is 17.0 Å². The molecule has 1 heterocycles. The monoisotopic (exact) mass is 307 g/mol. The Balaban J connectivity index is 2.42. The van der Waals surface area contributed by atoms with Crippen molar-refractivity contribution in [3.63, 3.8) is 0 Å². The highest BCUT2D eigenvalue weighted by atomic mass is 32.2. The lowest BCUT2D eigenvalue weighted by Crippen LogP contribution is -2.27. The predicted octanol–water partition coefficient (Wildman–Crippen LogP) is 3.07. The van der Waals surface area contributed by atoms with Crippen molar-refractivity contribution in [1.82, 2.24) is 4.90 Å². The first kappa shape index (κ1) is 15.4. The summed E-state index contributed by atoms with van der Waals surface area (Å²) in [6.45, 7) is 4.08. The lowest BCUT2D eigenvalue weighted by Gasteiger charge is -2.11. The molecule has 0 radical (unpaired) electrons. The number of nitrogens with zero attached hydrogens (tertiary/aromatic N) is 1. The van der Waals surface area contributed by atoms with Gasteiger partial charge in [0, 0.05) is 6.54 Å². The van der Waals surface area contributed by atoms with E-state index in [2.05, 4.69) is 0 Å². The van der Waals surface area contributed by atoms with E-state index in [1.807, 2.05) is 13.0 Å². The van der Waals surface area contributed by atoms with Crippen LogP contribution in [0.2, 0.25) is 0 Å². The van der Waals surface area contributed by atoms with E-state index < -0.39 is 0 Å². The lowest BCUT2D eigenvalue weighted by atomic mass is 10.1. The Kier molecular flexibility index (Phi) is 4.57. The Morgan fingerprint density at radius 2 is 1.81 bits per heavy atom. The fraction of sp³-hybridized carbons (Fsp3) is 0.333. The first-order chi connectivity index (χ1) is 10.0. The summed E-state index contributed by atoms with van der Waals surface area (Å²) in [5.41, 5.74) is 1.77. The number of hydrogen-bond acceptors (Lipinski definition) is 5. The van der Waals surface area contributed by atoms with E-state index in [0.717, 1.165) is 22.9 Å².